The number of aliphatic hydroxyl groups excluding tert-OH is 2. The highest BCUT2D eigenvalue weighted by molar-refractivity contribution is 4.81. The maximum absolute atomic E-state index is 9.19. The Hall–Kier alpha value is 0.100. The zero-order valence-corrected chi connectivity index (χ0v) is 22.7. The summed E-state index contributed by atoms with van der Waals surface area (Å²) in [7, 11) is 2.15. The van der Waals surface area contributed by atoms with Crippen LogP contribution in [0.5, 0.6) is 0 Å². The van der Waals surface area contributed by atoms with Crippen molar-refractivity contribution in [3.8, 4) is 0 Å². The van der Waals surface area contributed by atoms with Crippen LogP contribution in [0.1, 0.15) is 122 Å². The van der Waals surface area contributed by atoms with Gasteiger partial charge in [-0.1, -0.05) is 96.1 Å². The molecular weight excluding hydrogens is 450 g/mol. The molecule has 0 aliphatic rings. The van der Waals surface area contributed by atoms with Crippen LogP contribution in [0.4, 0.5) is 0 Å². The minimum absolute atomic E-state index is 0. The van der Waals surface area contributed by atoms with E-state index in [1.54, 1.807) is 0 Å². The predicted octanol–water partition coefficient (Wildman–Crippen LogP) is 4.02. The smallest absolute Gasteiger partial charge is 0.102 e. The van der Waals surface area contributed by atoms with Crippen LogP contribution in [-0.4, -0.2) is 54.6 Å². The van der Waals surface area contributed by atoms with Gasteiger partial charge in [0.25, 0.3) is 0 Å². The van der Waals surface area contributed by atoms with Crippen molar-refractivity contribution in [2.45, 2.75) is 122 Å². The maximum Gasteiger partial charge on any atom is 0.102 e. The lowest BCUT2D eigenvalue weighted by Crippen LogP contribution is -3.00. The molecule has 3 nitrogen and oxygen atoms in total. The highest BCUT2D eigenvalue weighted by Crippen LogP contribution is 2.13. The van der Waals surface area contributed by atoms with E-state index < -0.39 is 0 Å². The summed E-state index contributed by atoms with van der Waals surface area (Å²) in [5.41, 5.74) is 0. The number of nitrogens with zero attached hydrogens (tertiary/aromatic N) is 1. The molecule has 0 aromatic carbocycles. The van der Waals surface area contributed by atoms with Crippen LogP contribution in [0.15, 0.2) is 12.2 Å². The molecule has 0 saturated heterocycles. The molecular formula is C27H56BrNO2. The Kier molecular flexibility index (Phi) is 28.3. The largest absolute Gasteiger partial charge is 1.00 e. The van der Waals surface area contributed by atoms with Crippen molar-refractivity contribution in [1.82, 2.24) is 0 Å². The van der Waals surface area contributed by atoms with Gasteiger partial charge in [-0.05, 0) is 38.5 Å². The van der Waals surface area contributed by atoms with Gasteiger partial charge < -0.3 is 31.7 Å². The van der Waals surface area contributed by atoms with Crippen LogP contribution in [0, 0.1) is 0 Å². The van der Waals surface area contributed by atoms with E-state index in [1.807, 2.05) is 0 Å². The van der Waals surface area contributed by atoms with Crippen molar-refractivity contribution in [2.24, 2.45) is 0 Å². The quantitative estimate of drug-likeness (QED) is 0.118. The van der Waals surface area contributed by atoms with Gasteiger partial charge in [0.05, 0.1) is 26.8 Å². The Balaban J connectivity index is 0. The minimum atomic E-state index is 0. The number of likely N-dealkylation sites (N-methyl/N-ethyl adjacent to an activating group) is 1. The first-order valence-corrected chi connectivity index (χ1v) is 13.4. The lowest BCUT2D eigenvalue weighted by atomic mass is 10.1. The second kappa shape index (κ2) is 26.4. The molecule has 0 aliphatic heterocycles. The first kappa shape index (κ1) is 33.3. The van der Waals surface area contributed by atoms with Gasteiger partial charge in [0.15, 0.2) is 0 Å². The summed E-state index contributed by atoms with van der Waals surface area (Å²) in [4.78, 5) is 0. The van der Waals surface area contributed by atoms with Gasteiger partial charge in [0.1, 0.15) is 13.1 Å². The van der Waals surface area contributed by atoms with Gasteiger partial charge in [-0.25, -0.2) is 0 Å². The van der Waals surface area contributed by atoms with Crippen molar-refractivity contribution in [2.75, 3.05) is 39.9 Å². The molecule has 0 atom stereocenters. The molecule has 0 aliphatic carbocycles. The fraction of sp³-hybridized carbons (Fsp3) is 0.926. The van der Waals surface area contributed by atoms with Crippen LogP contribution in [0.2, 0.25) is 0 Å². The third-order valence-electron chi connectivity index (χ3n) is 6.49. The second-order valence-corrected chi connectivity index (χ2v) is 9.59. The summed E-state index contributed by atoms with van der Waals surface area (Å²) >= 11 is 0. The van der Waals surface area contributed by atoms with E-state index in [2.05, 4.69) is 26.1 Å². The molecule has 0 bridgehead atoms. The molecule has 2 N–H and O–H groups in total. The Bertz CT molecular complexity index is 357. The van der Waals surface area contributed by atoms with E-state index in [-0.39, 0.29) is 30.2 Å². The molecule has 0 amide bonds. The molecule has 0 saturated carbocycles. The Morgan fingerprint density at radius 2 is 0.871 bits per heavy atom. The van der Waals surface area contributed by atoms with Crippen molar-refractivity contribution >= 4 is 0 Å². The summed E-state index contributed by atoms with van der Waals surface area (Å²) in [6.07, 6.45) is 29.3. The lowest BCUT2D eigenvalue weighted by Gasteiger charge is -2.33. The van der Waals surface area contributed by atoms with Crippen LogP contribution in [0.3, 0.4) is 0 Å². The highest BCUT2D eigenvalue weighted by atomic mass is 79.9. The van der Waals surface area contributed by atoms with E-state index in [9.17, 15) is 10.2 Å². The monoisotopic (exact) mass is 505 g/mol. The van der Waals surface area contributed by atoms with E-state index >= 15 is 0 Å². The first-order chi connectivity index (χ1) is 14.7. The number of hydrogen-bond donors (Lipinski definition) is 2. The molecule has 4 heteroatoms. The van der Waals surface area contributed by atoms with Crippen LogP contribution in [0.25, 0.3) is 0 Å². The van der Waals surface area contributed by atoms with Crippen molar-refractivity contribution < 1.29 is 31.7 Å². The molecule has 0 spiro atoms. The van der Waals surface area contributed by atoms with E-state index in [0.717, 1.165) is 24.1 Å². The van der Waals surface area contributed by atoms with Crippen molar-refractivity contribution in [3.05, 3.63) is 12.2 Å². The number of halogens is 1. The van der Waals surface area contributed by atoms with Gasteiger partial charge in [0.2, 0.25) is 0 Å². The Morgan fingerprint density at radius 3 is 1.26 bits per heavy atom. The van der Waals surface area contributed by atoms with E-state index in [0.29, 0.717) is 0 Å². The summed E-state index contributed by atoms with van der Waals surface area (Å²) in [6.45, 7) is 5.31. The summed E-state index contributed by atoms with van der Waals surface area (Å²) in [5, 5.41) is 18.4. The number of aliphatic hydroxyl groups is 2. The third-order valence-corrected chi connectivity index (χ3v) is 6.49. The molecule has 0 aromatic heterocycles. The zero-order valence-electron chi connectivity index (χ0n) is 21.1. The average Bonchev–Trinajstić information content (AvgIpc) is 2.72. The average molecular weight is 507 g/mol. The Morgan fingerprint density at radius 1 is 0.516 bits per heavy atom. The molecule has 0 rings (SSSR count). The number of allylic oxidation sites excluding steroid dienone is 2. The molecule has 0 fully saturated rings. The van der Waals surface area contributed by atoms with E-state index in [1.165, 1.54) is 116 Å². The predicted molar refractivity (Wildman–Crippen MR) is 133 cm³/mol. The van der Waals surface area contributed by atoms with Crippen LogP contribution in [-0.2, 0) is 0 Å². The highest BCUT2D eigenvalue weighted by Gasteiger charge is 2.19. The van der Waals surface area contributed by atoms with Gasteiger partial charge in [-0.15, -0.1) is 0 Å². The van der Waals surface area contributed by atoms with Crippen LogP contribution >= 0.6 is 0 Å². The fourth-order valence-corrected chi connectivity index (χ4v) is 4.27. The topological polar surface area (TPSA) is 40.5 Å². The SMILES string of the molecule is CCCCCCCC/C=C\CCCCCCCCCCCC[N+](C)(CCO)CCO.[Br-]. The van der Waals surface area contributed by atoms with Gasteiger partial charge in [-0.3, -0.25) is 0 Å². The summed E-state index contributed by atoms with van der Waals surface area (Å²) in [5.74, 6) is 0. The summed E-state index contributed by atoms with van der Waals surface area (Å²) < 4.78 is 0.807. The van der Waals surface area contributed by atoms with Gasteiger partial charge >= 0.3 is 0 Å². The number of hydrogen-bond acceptors (Lipinski definition) is 2. The molecule has 31 heavy (non-hydrogen) atoms. The van der Waals surface area contributed by atoms with Crippen molar-refractivity contribution in [3.63, 3.8) is 0 Å². The normalized spacial score (nSPS) is 11.9. The van der Waals surface area contributed by atoms with Gasteiger partial charge in [-0.2, -0.15) is 0 Å². The molecule has 0 aromatic rings. The lowest BCUT2D eigenvalue weighted by molar-refractivity contribution is -0.910. The molecule has 0 heterocycles. The summed E-state index contributed by atoms with van der Waals surface area (Å²) in [6, 6.07) is 0. The van der Waals surface area contributed by atoms with Crippen LogP contribution < -0.4 is 17.0 Å². The molecule has 188 valence electrons. The fourth-order valence-electron chi connectivity index (χ4n) is 4.27. The minimum Gasteiger partial charge on any atom is -1.00 e. The number of quaternary nitrogens is 1. The first-order valence-electron chi connectivity index (χ1n) is 13.4. The molecule has 0 radical (unpaired) electrons. The van der Waals surface area contributed by atoms with E-state index in [4.69, 9.17) is 0 Å². The number of unbranched alkanes of at least 4 members (excludes halogenated alkanes) is 16. The third kappa shape index (κ3) is 24.6. The maximum atomic E-state index is 9.19. The van der Waals surface area contributed by atoms with Gasteiger partial charge in [0, 0.05) is 0 Å². The second-order valence-electron chi connectivity index (χ2n) is 9.59. The molecule has 0 unspecified atom stereocenters. The zero-order chi connectivity index (χ0) is 22.2. The number of rotatable bonds is 24. The Labute approximate surface area is 206 Å². The van der Waals surface area contributed by atoms with Crippen molar-refractivity contribution in [1.29, 1.82) is 0 Å². The standard InChI is InChI=1S/C27H56NO2.BrH/c1-3-4-5-6-7-8-9-10-11-12-13-14-15-16-17-18-19-20-21-22-23-28(2,24-26-29)25-27-30;/h10-11,29-30H,3-9,12-27H2,1-2H3;1H/q+1;/p-1/b11-10-;.